The molecule has 0 aliphatic rings. The lowest BCUT2D eigenvalue weighted by atomic mass is 10.2. The molecule has 2 N–H and O–H groups in total. The predicted octanol–water partition coefficient (Wildman–Crippen LogP) is 2.02. The van der Waals surface area contributed by atoms with Gasteiger partial charge in [-0.05, 0) is 38.0 Å². The number of nitrogens with one attached hydrogen (secondary N) is 1. The molecule has 4 nitrogen and oxygen atoms in total. The number of alkyl halides is 1. The van der Waals surface area contributed by atoms with Crippen molar-refractivity contribution in [3.63, 3.8) is 0 Å². The standard InChI is InChI=1S/C12H18BrNO3S/c1-9(7-10(2)15)14-18(16,17)12-5-3-11(8-13)4-6-12/h3-6,9-10,14-15H,7-8H2,1-2H3. The zero-order valence-corrected chi connectivity index (χ0v) is 12.8. The third-order valence-electron chi connectivity index (χ3n) is 2.44. The van der Waals surface area contributed by atoms with Crippen LogP contribution in [0, 0.1) is 0 Å². The van der Waals surface area contributed by atoms with Crippen molar-refractivity contribution in [1.82, 2.24) is 4.72 Å². The van der Waals surface area contributed by atoms with Crippen LogP contribution in [-0.4, -0.2) is 25.7 Å². The Labute approximate surface area is 117 Å². The summed E-state index contributed by atoms with van der Waals surface area (Å²) in [6.07, 6.45) is -0.142. The van der Waals surface area contributed by atoms with Crippen LogP contribution in [0.5, 0.6) is 0 Å². The predicted molar refractivity (Wildman–Crippen MR) is 75.2 cm³/mol. The average molecular weight is 336 g/mol. The maximum Gasteiger partial charge on any atom is 0.240 e. The minimum atomic E-state index is -3.51. The van der Waals surface area contributed by atoms with Crippen molar-refractivity contribution in [1.29, 1.82) is 0 Å². The summed E-state index contributed by atoms with van der Waals surface area (Å²) in [5.74, 6) is 0. The number of aliphatic hydroxyl groups is 1. The van der Waals surface area contributed by atoms with Crippen LogP contribution in [0.2, 0.25) is 0 Å². The van der Waals surface area contributed by atoms with Crippen LogP contribution < -0.4 is 4.72 Å². The third kappa shape index (κ3) is 4.68. The number of halogens is 1. The summed E-state index contributed by atoms with van der Waals surface area (Å²) in [4.78, 5) is 0.240. The van der Waals surface area contributed by atoms with Gasteiger partial charge in [0.1, 0.15) is 0 Å². The van der Waals surface area contributed by atoms with Gasteiger partial charge in [0.05, 0.1) is 11.0 Å². The Morgan fingerprint density at radius 1 is 1.28 bits per heavy atom. The van der Waals surface area contributed by atoms with Crippen LogP contribution >= 0.6 is 15.9 Å². The highest BCUT2D eigenvalue weighted by Gasteiger charge is 2.18. The SMILES string of the molecule is CC(O)CC(C)NS(=O)(=O)c1ccc(CBr)cc1. The zero-order chi connectivity index (χ0) is 13.8. The molecule has 1 rings (SSSR count). The van der Waals surface area contributed by atoms with E-state index in [0.717, 1.165) is 5.56 Å². The van der Waals surface area contributed by atoms with Gasteiger partial charge >= 0.3 is 0 Å². The Kier molecular flexibility index (Phi) is 5.78. The number of rotatable bonds is 6. The Bertz CT molecular complexity index is 471. The second-order valence-electron chi connectivity index (χ2n) is 4.38. The Hall–Kier alpha value is -0.430. The van der Waals surface area contributed by atoms with E-state index in [4.69, 9.17) is 0 Å². The molecule has 102 valence electrons. The van der Waals surface area contributed by atoms with Gasteiger partial charge in [0.15, 0.2) is 0 Å². The smallest absolute Gasteiger partial charge is 0.240 e. The molecule has 0 fully saturated rings. The number of hydrogen-bond acceptors (Lipinski definition) is 3. The quantitative estimate of drug-likeness (QED) is 0.781. The molecule has 0 aromatic heterocycles. The van der Waals surface area contributed by atoms with Crippen molar-refractivity contribution < 1.29 is 13.5 Å². The summed E-state index contributed by atoms with van der Waals surface area (Å²) in [7, 11) is -3.51. The number of benzene rings is 1. The molecule has 2 atom stereocenters. The highest BCUT2D eigenvalue weighted by molar-refractivity contribution is 9.08. The van der Waals surface area contributed by atoms with Crippen LogP contribution in [0.4, 0.5) is 0 Å². The van der Waals surface area contributed by atoms with Crippen molar-refractivity contribution >= 4 is 26.0 Å². The molecule has 18 heavy (non-hydrogen) atoms. The summed E-state index contributed by atoms with van der Waals surface area (Å²) in [6.45, 7) is 3.37. The van der Waals surface area contributed by atoms with E-state index < -0.39 is 16.1 Å². The van der Waals surface area contributed by atoms with Crippen molar-refractivity contribution in [2.45, 2.75) is 42.6 Å². The second-order valence-corrected chi connectivity index (χ2v) is 6.66. The molecule has 6 heteroatoms. The lowest BCUT2D eigenvalue weighted by Crippen LogP contribution is -2.34. The highest BCUT2D eigenvalue weighted by Crippen LogP contribution is 2.13. The molecule has 0 saturated heterocycles. The van der Waals surface area contributed by atoms with Gasteiger partial charge in [-0.2, -0.15) is 0 Å². The van der Waals surface area contributed by atoms with E-state index in [2.05, 4.69) is 20.7 Å². The van der Waals surface area contributed by atoms with Gasteiger partial charge in [-0.15, -0.1) is 0 Å². The maximum absolute atomic E-state index is 12.0. The number of hydrogen-bond donors (Lipinski definition) is 2. The van der Waals surface area contributed by atoms with Crippen molar-refractivity contribution in [3.8, 4) is 0 Å². The molecular weight excluding hydrogens is 318 g/mol. The number of aliphatic hydroxyl groups excluding tert-OH is 1. The lowest BCUT2D eigenvalue weighted by Gasteiger charge is -2.15. The Morgan fingerprint density at radius 3 is 2.28 bits per heavy atom. The Morgan fingerprint density at radius 2 is 1.83 bits per heavy atom. The molecule has 0 radical (unpaired) electrons. The molecule has 1 aromatic rings. The topological polar surface area (TPSA) is 66.4 Å². The van der Waals surface area contributed by atoms with Crippen molar-refractivity contribution in [3.05, 3.63) is 29.8 Å². The van der Waals surface area contributed by atoms with Crippen LogP contribution in [0.3, 0.4) is 0 Å². The van der Waals surface area contributed by atoms with E-state index in [1.165, 1.54) is 0 Å². The molecular formula is C12H18BrNO3S. The van der Waals surface area contributed by atoms with Gasteiger partial charge in [0.2, 0.25) is 10.0 Å². The fourth-order valence-electron chi connectivity index (χ4n) is 1.65. The summed E-state index contributed by atoms with van der Waals surface area (Å²) in [5, 5.41) is 9.91. The number of sulfonamides is 1. The molecule has 2 unspecified atom stereocenters. The van der Waals surface area contributed by atoms with E-state index in [1.807, 2.05) is 0 Å². The summed E-state index contributed by atoms with van der Waals surface area (Å²) in [6, 6.07) is 6.39. The normalized spacial score (nSPS) is 15.3. The maximum atomic E-state index is 12.0. The monoisotopic (exact) mass is 335 g/mol. The highest BCUT2D eigenvalue weighted by atomic mass is 79.9. The van der Waals surface area contributed by atoms with Crippen molar-refractivity contribution in [2.24, 2.45) is 0 Å². The molecule has 0 aliphatic carbocycles. The molecule has 0 spiro atoms. The average Bonchev–Trinajstić information content (AvgIpc) is 2.27. The van der Waals surface area contributed by atoms with E-state index in [9.17, 15) is 13.5 Å². The van der Waals surface area contributed by atoms with E-state index in [1.54, 1.807) is 38.1 Å². The van der Waals surface area contributed by atoms with E-state index in [0.29, 0.717) is 11.8 Å². The molecule has 1 aromatic carbocycles. The molecule has 0 saturated carbocycles. The van der Waals surface area contributed by atoms with Gasteiger partial charge < -0.3 is 5.11 Å². The first-order valence-corrected chi connectivity index (χ1v) is 8.31. The first kappa shape index (κ1) is 15.6. The molecule has 0 amide bonds. The Balaban J connectivity index is 2.79. The van der Waals surface area contributed by atoms with Crippen LogP contribution in [0.25, 0.3) is 0 Å². The van der Waals surface area contributed by atoms with Gasteiger partial charge in [-0.3, -0.25) is 0 Å². The van der Waals surface area contributed by atoms with E-state index >= 15 is 0 Å². The fraction of sp³-hybridized carbons (Fsp3) is 0.500. The first-order valence-electron chi connectivity index (χ1n) is 5.70. The van der Waals surface area contributed by atoms with Crippen LogP contribution in [0.15, 0.2) is 29.2 Å². The minimum Gasteiger partial charge on any atom is -0.393 e. The third-order valence-corrected chi connectivity index (χ3v) is 4.69. The lowest BCUT2D eigenvalue weighted by molar-refractivity contribution is 0.175. The van der Waals surface area contributed by atoms with Gasteiger partial charge in [0, 0.05) is 11.4 Å². The van der Waals surface area contributed by atoms with Gasteiger partial charge in [0.25, 0.3) is 0 Å². The van der Waals surface area contributed by atoms with Crippen molar-refractivity contribution in [2.75, 3.05) is 0 Å². The van der Waals surface area contributed by atoms with E-state index in [-0.39, 0.29) is 10.9 Å². The summed E-state index contributed by atoms with van der Waals surface area (Å²) in [5.41, 5.74) is 1.02. The zero-order valence-electron chi connectivity index (χ0n) is 10.4. The summed E-state index contributed by atoms with van der Waals surface area (Å²) < 4.78 is 26.6. The minimum absolute atomic E-state index is 0.240. The first-order chi connectivity index (χ1) is 8.35. The molecule has 0 bridgehead atoms. The molecule has 0 aliphatic heterocycles. The second kappa shape index (κ2) is 6.65. The fourth-order valence-corrected chi connectivity index (χ4v) is 3.28. The van der Waals surface area contributed by atoms with Gasteiger partial charge in [-0.25, -0.2) is 13.1 Å². The van der Waals surface area contributed by atoms with Crippen LogP contribution in [0.1, 0.15) is 25.8 Å². The van der Waals surface area contributed by atoms with Crippen LogP contribution in [-0.2, 0) is 15.4 Å². The van der Waals surface area contributed by atoms with Gasteiger partial charge in [-0.1, -0.05) is 28.1 Å². The largest absolute Gasteiger partial charge is 0.393 e. The molecule has 0 heterocycles. The summed E-state index contributed by atoms with van der Waals surface area (Å²) >= 11 is 3.31.